The highest BCUT2D eigenvalue weighted by atomic mass is 32.1. The van der Waals surface area contributed by atoms with E-state index in [-0.39, 0.29) is 5.91 Å². The van der Waals surface area contributed by atoms with E-state index in [0.29, 0.717) is 25.5 Å². The Morgan fingerprint density at radius 2 is 2.47 bits per heavy atom. The van der Waals surface area contributed by atoms with Crippen LogP contribution in [0.1, 0.15) is 19.8 Å². The number of anilines is 1. The van der Waals surface area contributed by atoms with Crippen LogP contribution in [-0.4, -0.2) is 29.3 Å². The molecule has 0 saturated carbocycles. The summed E-state index contributed by atoms with van der Waals surface area (Å²) in [6, 6.07) is 5.82. The molecule has 6 heteroatoms. The molecule has 2 aromatic heterocycles. The van der Waals surface area contributed by atoms with Crippen molar-refractivity contribution in [2.75, 3.05) is 18.5 Å². The summed E-state index contributed by atoms with van der Waals surface area (Å²) in [5.74, 6) is 0.522. The van der Waals surface area contributed by atoms with Gasteiger partial charge in [0, 0.05) is 25.7 Å². The van der Waals surface area contributed by atoms with Gasteiger partial charge in [-0.15, -0.1) is 11.3 Å². The lowest BCUT2D eigenvalue weighted by Crippen LogP contribution is -2.12. The second-order valence-electron chi connectivity index (χ2n) is 3.99. The summed E-state index contributed by atoms with van der Waals surface area (Å²) in [6.45, 7) is 3.24. The normalized spacial score (nSPS) is 10.6. The highest BCUT2D eigenvalue weighted by molar-refractivity contribution is 7.13. The van der Waals surface area contributed by atoms with Crippen LogP contribution in [0.3, 0.4) is 0 Å². The Morgan fingerprint density at radius 3 is 3.21 bits per heavy atom. The Morgan fingerprint density at radius 1 is 1.58 bits per heavy atom. The molecule has 102 valence electrons. The smallest absolute Gasteiger partial charge is 0.225 e. The molecule has 19 heavy (non-hydrogen) atoms. The lowest BCUT2D eigenvalue weighted by atomic mass is 10.3. The number of carbonyl (C=O) groups is 1. The summed E-state index contributed by atoms with van der Waals surface area (Å²) in [5, 5.41) is 11.8. The molecule has 2 heterocycles. The van der Waals surface area contributed by atoms with Crippen molar-refractivity contribution in [3.05, 3.63) is 23.6 Å². The molecule has 0 atom stereocenters. The molecule has 5 nitrogen and oxygen atoms in total. The summed E-state index contributed by atoms with van der Waals surface area (Å²) < 4.78 is 5.19. The van der Waals surface area contributed by atoms with E-state index in [1.807, 2.05) is 30.5 Å². The SMILES string of the molecule is CCOCCCC(=O)Nc1cc(-c2cccs2)[nH]n1. The highest BCUT2D eigenvalue weighted by Gasteiger charge is 2.07. The molecule has 0 fully saturated rings. The highest BCUT2D eigenvalue weighted by Crippen LogP contribution is 2.24. The molecule has 0 spiro atoms. The van der Waals surface area contributed by atoms with Gasteiger partial charge < -0.3 is 10.1 Å². The standard InChI is InChI=1S/C13H17N3O2S/c1-2-18-7-3-6-13(17)14-12-9-10(15-16-12)11-5-4-8-19-11/h4-5,8-9H,2-3,6-7H2,1H3,(H2,14,15,16,17). The van der Waals surface area contributed by atoms with Crippen LogP contribution in [0.5, 0.6) is 0 Å². The third-order valence-electron chi connectivity index (χ3n) is 2.53. The van der Waals surface area contributed by atoms with E-state index in [1.165, 1.54) is 0 Å². The molecule has 0 aliphatic carbocycles. The average molecular weight is 279 g/mol. The fourth-order valence-corrected chi connectivity index (χ4v) is 2.32. The Hall–Kier alpha value is -1.66. The van der Waals surface area contributed by atoms with Crippen LogP contribution in [0.15, 0.2) is 23.6 Å². The quantitative estimate of drug-likeness (QED) is 0.766. The van der Waals surface area contributed by atoms with Crippen molar-refractivity contribution in [2.45, 2.75) is 19.8 Å². The predicted molar refractivity (Wildman–Crippen MR) is 76.3 cm³/mol. The van der Waals surface area contributed by atoms with E-state index in [4.69, 9.17) is 4.74 Å². The molecule has 0 unspecified atom stereocenters. The van der Waals surface area contributed by atoms with Crippen LogP contribution >= 0.6 is 11.3 Å². The van der Waals surface area contributed by atoms with Gasteiger partial charge in [-0.3, -0.25) is 9.89 Å². The number of rotatable bonds is 7. The first-order valence-electron chi connectivity index (χ1n) is 6.26. The zero-order chi connectivity index (χ0) is 13.5. The fourth-order valence-electron chi connectivity index (χ4n) is 1.63. The van der Waals surface area contributed by atoms with Gasteiger partial charge in [0.15, 0.2) is 5.82 Å². The van der Waals surface area contributed by atoms with Gasteiger partial charge in [0.25, 0.3) is 0 Å². The number of aromatic amines is 1. The van der Waals surface area contributed by atoms with Gasteiger partial charge in [0.2, 0.25) is 5.91 Å². The monoisotopic (exact) mass is 279 g/mol. The predicted octanol–water partition coefficient (Wildman–Crippen LogP) is 2.89. The minimum atomic E-state index is -0.0380. The molecule has 0 aliphatic heterocycles. The number of hydrogen-bond donors (Lipinski definition) is 2. The van der Waals surface area contributed by atoms with E-state index < -0.39 is 0 Å². The number of hydrogen-bond acceptors (Lipinski definition) is 4. The topological polar surface area (TPSA) is 67.0 Å². The van der Waals surface area contributed by atoms with E-state index in [9.17, 15) is 4.79 Å². The van der Waals surface area contributed by atoms with Crippen molar-refractivity contribution in [1.82, 2.24) is 10.2 Å². The van der Waals surface area contributed by atoms with Crippen molar-refractivity contribution < 1.29 is 9.53 Å². The zero-order valence-corrected chi connectivity index (χ0v) is 11.6. The number of thiophene rings is 1. The number of aromatic nitrogens is 2. The number of carbonyl (C=O) groups excluding carboxylic acids is 1. The molecule has 1 amide bonds. The number of ether oxygens (including phenoxy) is 1. The van der Waals surface area contributed by atoms with Gasteiger partial charge >= 0.3 is 0 Å². The maximum absolute atomic E-state index is 11.7. The molecule has 2 N–H and O–H groups in total. The Balaban J connectivity index is 1.81. The molecule has 0 saturated heterocycles. The van der Waals surface area contributed by atoms with E-state index in [0.717, 1.165) is 17.0 Å². The van der Waals surface area contributed by atoms with Crippen molar-refractivity contribution in [3.63, 3.8) is 0 Å². The first-order valence-corrected chi connectivity index (χ1v) is 7.14. The van der Waals surface area contributed by atoms with Crippen molar-refractivity contribution >= 4 is 23.1 Å². The molecule has 0 bridgehead atoms. The first kappa shape index (κ1) is 13.8. The number of amides is 1. The van der Waals surface area contributed by atoms with Crippen molar-refractivity contribution in [2.24, 2.45) is 0 Å². The average Bonchev–Trinajstić information content (AvgIpc) is 3.04. The molecule has 0 aromatic carbocycles. The minimum Gasteiger partial charge on any atom is -0.382 e. The molecule has 0 radical (unpaired) electrons. The largest absolute Gasteiger partial charge is 0.382 e. The van der Waals surface area contributed by atoms with Gasteiger partial charge in [-0.05, 0) is 24.8 Å². The van der Waals surface area contributed by atoms with Gasteiger partial charge in [0.05, 0.1) is 10.6 Å². The van der Waals surface area contributed by atoms with Crippen molar-refractivity contribution in [3.8, 4) is 10.6 Å². The van der Waals surface area contributed by atoms with Crippen LogP contribution in [0.25, 0.3) is 10.6 Å². The second kappa shape index (κ2) is 7.06. The van der Waals surface area contributed by atoms with Crippen LogP contribution < -0.4 is 5.32 Å². The third kappa shape index (κ3) is 4.18. The molecular formula is C13H17N3O2S. The Kier molecular flexibility index (Phi) is 5.11. The minimum absolute atomic E-state index is 0.0380. The molecule has 2 rings (SSSR count). The van der Waals surface area contributed by atoms with Crippen LogP contribution in [-0.2, 0) is 9.53 Å². The fraction of sp³-hybridized carbons (Fsp3) is 0.385. The summed E-state index contributed by atoms with van der Waals surface area (Å²) >= 11 is 1.63. The molecule has 2 aromatic rings. The summed E-state index contributed by atoms with van der Waals surface area (Å²) in [7, 11) is 0. The molecular weight excluding hydrogens is 262 g/mol. The second-order valence-corrected chi connectivity index (χ2v) is 4.94. The van der Waals surface area contributed by atoms with Gasteiger partial charge in [-0.2, -0.15) is 5.10 Å². The third-order valence-corrected chi connectivity index (χ3v) is 3.43. The zero-order valence-electron chi connectivity index (χ0n) is 10.8. The lowest BCUT2D eigenvalue weighted by Gasteiger charge is -2.01. The first-order chi connectivity index (χ1) is 9.29. The molecule has 0 aliphatic rings. The number of nitrogens with zero attached hydrogens (tertiary/aromatic N) is 1. The van der Waals surface area contributed by atoms with Crippen LogP contribution in [0.4, 0.5) is 5.82 Å². The maximum Gasteiger partial charge on any atom is 0.225 e. The summed E-state index contributed by atoms with van der Waals surface area (Å²) in [5.41, 5.74) is 0.916. The van der Waals surface area contributed by atoms with Crippen molar-refractivity contribution in [1.29, 1.82) is 0 Å². The van der Waals surface area contributed by atoms with E-state index in [2.05, 4.69) is 15.5 Å². The Labute approximate surface area is 116 Å². The van der Waals surface area contributed by atoms with Gasteiger partial charge in [-0.25, -0.2) is 0 Å². The number of H-pyrrole nitrogens is 1. The van der Waals surface area contributed by atoms with Gasteiger partial charge in [-0.1, -0.05) is 6.07 Å². The van der Waals surface area contributed by atoms with E-state index >= 15 is 0 Å². The lowest BCUT2D eigenvalue weighted by molar-refractivity contribution is -0.116. The van der Waals surface area contributed by atoms with Crippen LogP contribution in [0, 0.1) is 0 Å². The maximum atomic E-state index is 11.7. The Bertz CT molecular complexity index is 508. The number of nitrogens with one attached hydrogen (secondary N) is 2. The summed E-state index contributed by atoms with van der Waals surface area (Å²) in [4.78, 5) is 12.8. The van der Waals surface area contributed by atoms with Crippen LogP contribution in [0.2, 0.25) is 0 Å². The van der Waals surface area contributed by atoms with Gasteiger partial charge in [0.1, 0.15) is 0 Å². The summed E-state index contributed by atoms with van der Waals surface area (Å²) in [6.07, 6.45) is 1.17. The van der Waals surface area contributed by atoms with E-state index in [1.54, 1.807) is 11.3 Å².